The zero-order valence-corrected chi connectivity index (χ0v) is 23.0. The Balaban J connectivity index is 1.34. The molecule has 2 aliphatic heterocycles. The number of nitrogens with zero attached hydrogens (tertiary/aromatic N) is 1. The second-order valence-corrected chi connectivity index (χ2v) is 11.7. The molecule has 6 rings (SSSR count). The zero-order valence-electron chi connectivity index (χ0n) is 23.0. The Kier molecular flexibility index (Phi) is 7.26. The topological polar surface area (TPSA) is 62.2 Å². The lowest BCUT2D eigenvalue weighted by atomic mass is 9.79. The first-order valence-corrected chi connectivity index (χ1v) is 14.5. The van der Waals surface area contributed by atoms with Gasteiger partial charge in [-0.25, -0.2) is 0 Å². The minimum absolute atomic E-state index is 0.233. The van der Waals surface area contributed by atoms with Gasteiger partial charge in [0.05, 0.1) is 0 Å². The molecule has 39 heavy (non-hydrogen) atoms. The van der Waals surface area contributed by atoms with Crippen molar-refractivity contribution >= 4 is 11.1 Å². The summed E-state index contributed by atoms with van der Waals surface area (Å²) in [5.41, 5.74) is 5.25. The van der Waals surface area contributed by atoms with Crippen molar-refractivity contribution in [2.24, 2.45) is 11.8 Å². The van der Waals surface area contributed by atoms with Crippen molar-refractivity contribution in [1.29, 1.82) is 0 Å². The van der Waals surface area contributed by atoms with Crippen LogP contribution in [0, 0.1) is 11.8 Å². The van der Waals surface area contributed by atoms with Crippen molar-refractivity contribution in [3.8, 4) is 23.0 Å². The molecule has 3 aliphatic rings. The summed E-state index contributed by atoms with van der Waals surface area (Å²) in [5.74, 6) is 3.26. The maximum Gasteiger partial charge on any atom is 0.150 e. The van der Waals surface area contributed by atoms with Crippen molar-refractivity contribution < 1.29 is 19.7 Å². The van der Waals surface area contributed by atoms with E-state index in [-0.39, 0.29) is 17.6 Å². The first-order chi connectivity index (χ1) is 19.0. The second-order valence-electron chi connectivity index (χ2n) is 11.7. The number of benzene rings is 3. The summed E-state index contributed by atoms with van der Waals surface area (Å²) < 4.78 is 12.9. The highest BCUT2D eigenvalue weighted by atomic mass is 16.5. The standard InChI is InChI=1S/C34H39NO4/c1-22-16-17-35(20-22)23(2)21-38-29-13-10-25(11-14-29)34-33(26-8-5-9-27(36)18-26)32(24-6-3-4-7-24)30-19-28(37)12-15-31(30)39-34/h5,8-15,18-19,22-24,34,36-37H,3-4,6-7,16-17,20-21H2,1-2H3. The lowest BCUT2D eigenvalue weighted by Gasteiger charge is -2.34. The lowest BCUT2D eigenvalue weighted by molar-refractivity contribution is 0.169. The Morgan fingerprint density at radius 2 is 1.69 bits per heavy atom. The van der Waals surface area contributed by atoms with E-state index in [0.717, 1.165) is 65.6 Å². The fourth-order valence-corrected chi connectivity index (χ4v) is 6.60. The van der Waals surface area contributed by atoms with Gasteiger partial charge >= 0.3 is 0 Å². The number of ether oxygens (including phenoxy) is 2. The quantitative estimate of drug-likeness (QED) is 0.336. The summed E-state index contributed by atoms with van der Waals surface area (Å²) in [4.78, 5) is 2.51. The minimum Gasteiger partial charge on any atom is -0.508 e. The van der Waals surface area contributed by atoms with Gasteiger partial charge in [0.25, 0.3) is 0 Å². The molecule has 0 radical (unpaired) electrons. The zero-order chi connectivity index (χ0) is 26.9. The van der Waals surface area contributed by atoms with Crippen LogP contribution in [0.2, 0.25) is 0 Å². The van der Waals surface area contributed by atoms with Gasteiger partial charge in [-0.15, -0.1) is 0 Å². The largest absolute Gasteiger partial charge is 0.508 e. The Hall–Kier alpha value is -3.44. The first kappa shape index (κ1) is 25.8. The number of allylic oxidation sites excluding steroid dienone is 1. The molecule has 2 heterocycles. The Morgan fingerprint density at radius 1 is 0.923 bits per heavy atom. The van der Waals surface area contributed by atoms with E-state index in [9.17, 15) is 10.2 Å². The average Bonchev–Trinajstić information content (AvgIpc) is 3.63. The van der Waals surface area contributed by atoms with E-state index >= 15 is 0 Å². The van der Waals surface area contributed by atoms with E-state index in [0.29, 0.717) is 18.6 Å². The van der Waals surface area contributed by atoms with Gasteiger partial charge < -0.3 is 19.7 Å². The predicted octanol–water partition coefficient (Wildman–Crippen LogP) is 7.44. The minimum atomic E-state index is -0.335. The molecular weight excluding hydrogens is 486 g/mol. The molecule has 1 aliphatic carbocycles. The summed E-state index contributed by atoms with van der Waals surface area (Å²) in [5, 5.41) is 20.8. The third-order valence-corrected chi connectivity index (χ3v) is 8.72. The molecule has 5 heteroatoms. The van der Waals surface area contributed by atoms with Gasteiger partial charge in [-0.3, -0.25) is 4.90 Å². The fourth-order valence-electron chi connectivity index (χ4n) is 6.60. The van der Waals surface area contributed by atoms with Crippen molar-refractivity contribution in [3.05, 3.63) is 83.4 Å². The van der Waals surface area contributed by atoms with Gasteiger partial charge in [-0.2, -0.15) is 0 Å². The van der Waals surface area contributed by atoms with Crippen molar-refractivity contribution in [1.82, 2.24) is 4.90 Å². The smallest absolute Gasteiger partial charge is 0.150 e. The SMILES string of the molecule is CC1CCN(C(C)COc2ccc(C3Oc4ccc(O)cc4C(C4CCCC4)=C3c3cccc(O)c3)cc2)C1. The van der Waals surface area contributed by atoms with E-state index in [1.165, 1.54) is 24.8 Å². The van der Waals surface area contributed by atoms with Gasteiger partial charge in [0.2, 0.25) is 0 Å². The number of rotatable bonds is 7. The average molecular weight is 526 g/mol. The van der Waals surface area contributed by atoms with E-state index < -0.39 is 0 Å². The molecule has 0 bridgehead atoms. The molecule has 0 aromatic heterocycles. The normalized spacial score (nSPS) is 22.5. The van der Waals surface area contributed by atoms with Crippen LogP contribution in [0.5, 0.6) is 23.0 Å². The third kappa shape index (κ3) is 5.38. The Morgan fingerprint density at radius 3 is 2.41 bits per heavy atom. The summed E-state index contributed by atoms with van der Waals surface area (Å²) in [6.45, 7) is 7.53. The lowest BCUT2D eigenvalue weighted by Crippen LogP contribution is -2.35. The van der Waals surface area contributed by atoms with Crippen LogP contribution in [-0.2, 0) is 0 Å². The number of aromatic hydroxyl groups is 2. The van der Waals surface area contributed by atoms with Crippen LogP contribution in [0.1, 0.15) is 68.7 Å². The van der Waals surface area contributed by atoms with Crippen molar-refractivity contribution in [3.63, 3.8) is 0 Å². The van der Waals surface area contributed by atoms with Crippen LogP contribution in [0.25, 0.3) is 11.1 Å². The highest BCUT2D eigenvalue weighted by molar-refractivity contribution is 5.97. The van der Waals surface area contributed by atoms with E-state index in [4.69, 9.17) is 9.47 Å². The number of hydrogen-bond acceptors (Lipinski definition) is 5. The molecule has 3 atom stereocenters. The van der Waals surface area contributed by atoms with Gasteiger partial charge in [0.1, 0.15) is 35.7 Å². The molecule has 3 aromatic carbocycles. The molecule has 2 N–H and O–H groups in total. The van der Waals surface area contributed by atoms with E-state index in [1.54, 1.807) is 12.1 Å². The number of phenols is 2. The summed E-state index contributed by atoms with van der Waals surface area (Å²) in [6.07, 6.45) is 5.55. The number of fused-ring (bicyclic) bond motifs is 1. The van der Waals surface area contributed by atoms with E-state index in [1.807, 2.05) is 42.5 Å². The Bertz CT molecular complexity index is 1340. The van der Waals surface area contributed by atoms with Gasteiger partial charge in [-0.05, 0) is 104 Å². The molecule has 3 unspecified atom stereocenters. The summed E-state index contributed by atoms with van der Waals surface area (Å²) in [7, 11) is 0. The van der Waals surface area contributed by atoms with Gasteiger partial charge in [0.15, 0.2) is 0 Å². The van der Waals surface area contributed by atoms with Crippen molar-refractivity contribution in [2.75, 3.05) is 19.7 Å². The van der Waals surface area contributed by atoms with Crippen LogP contribution in [0.3, 0.4) is 0 Å². The van der Waals surface area contributed by atoms with Crippen LogP contribution in [0.15, 0.2) is 66.7 Å². The molecule has 1 saturated carbocycles. The maximum atomic E-state index is 10.4. The third-order valence-electron chi connectivity index (χ3n) is 8.72. The first-order valence-electron chi connectivity index (χ1n) is 14.5. The van der Waals surface area contributed by atoms with Gasteiger partial charge in [-0.1, -0.05) is 44.0 Å². The van der Waals surface area contributed by atoms with Crippen LogP contribution in [-0.4, -0.2) is 40.9 Å². The maximum absolute atomic E-state index is 10.4. The fraction of sp³-hybridized carbons (Fsp3) is 0.412. The number of likely N-dealkylation sites (tertiary alicyclic amines) is 1. The van der Waals surface area contributed by atoms with Crippen LogP contribution >= 0.6 is 0 Å². The second kappa shape index (κ2) is 11.0. The molecule has 3 aromatic rings. The highest BCUT2D eigenvalue weighted by Gasteiger charge is 2.36. The number of hydrogen-bond donors (Lipinski definition) is 2. The molecular formula is C34H39NO4. The molecule has 5 nitrogen and oxygen atoms in total. The molecule has 1 saturated heterocycles. The molecule has 0 amide bonds. The van der Waals surface area contributed by atoms with Crippen molar-refractivity contribution in [2.45, 2.75) is 58.1 Å². The summed E-state index contributed by atoms with van der Waals surface area (Å²) in [6, 6.07) is 21.5. The summed E-state index contributed by atoms with van der Waals surface area (Å²) >= 11 is 0. The van der Waals surface area contributed by atoms with Crippen LogP contribution < -0.4 is 9.47 Å². The Labute approximate surface area is 231 Å². The monoisotopic (exact) mass is 525 g/mol. The van der Waals surface area contributed by atoms with Gasteiger partial charge in [0, 0.05) is 23.7 Å². The highest BCUT2D eigenvalue weighted by Crippen LogP contribution is 2.53. The van der Waals surface area contributed by atoms with E-state index in [2.05, 4.69) is 30.9 Å². The molecule has 0 spiro atoms. The molecule has 2 fully saturated rings. The molecule has 204 valence electrons. The van der Waals surface area contributed by atoms with Crippen LogP contribution in [0.4, 0.5) is 0 Å². The predicted molar refractivity (Wildman–Crippen MR) is 155 cm³/mol. The number of phenolic OH excluding ortho intramolecular Hbond substituents is 2.